The molecule has 4 nitrogen and oxygen atoms in total. The SMILES string of the molecule is CC(O)CN(C)C(=O)CC1NCCCC1C. The number of carbonyl (C=O) groups is 1. The van der Waals surface area contributed by atoms with Gasteiger partial charge in [0.05, 0.1) is 6.10 Å². The summed E-state index contributed by atoms with van der Waals surface area (Å²) >= 11 is 0. The molecule has 16 heavy (non-hydrogen) atoms. The summed E-state index contributed by atoms with van der Waals surface area (Å²) in [7, 11) is 1.75. The van der Waals surface area contributed by atoms with Crippen molar-refractivity contribution in [3.05, 3.63) is 0 Å². The van der Waals surface area contributed by atoms with E-state index in [1.54, 1.807) is 18.9 Å². The van der Waals surface area contributed by atoms with E-state index in [0.29, 0.717) is 24.9 Å². The number of rotatable bonds is 4. The average Bonchev–Trinajstić information content (AvgIpc) is 2.20. The first-order chi connectivity index (χ1) is 7.50. The first kappa shape index (κ1) is 13.5. The van der Waals surface area contributed by atoms with Crippen molar-refractivity contribution < 1.29 is 9.90 Å². The quantitative estimate of drug-likeness (QED) is 0.741. The van der Waals surface area contributed by atoms with Crippen molar-refractivity contribution in [2.45, 2.75) is 45.3 Å². The molecule has 1 aliphatic rings. The van der Waals surface area contributed by atoms with Crippen LogP contribution in [-0.2, 0) is 4.79 Å². The molecule has 4 heteroatoms. The van der Waals surface area contributed by atoms with E-state index in [1.807, 2.05) is 0 Å². The Bertz CT molecular complexity index is 231. The van der Waals surface area contributed by atoms with Crippen LogP contribution < -0.4 is 5.32 Å². The van der Waals surface area contributed by atoms with Gasteiger partial charge in [0.15, 0.2) is 0 Å². The minimum Gasteiger partial charge on any atom is -0.392 e. The summed E-state index contributed by atoms with van der Waals surface area (Å²) in [6.45, 7) is 5.33. The Morgan fingerprint density at radius 1 is 1.62 bits per heavy atom. The van der Waals surface area contributed by atoms with Gasteiger partial charge in [-0.05, 0) is 32.2 Å². The van der Waals surface area contributed by atoms with Crippen LogP contribution in [0.4, 0.5) is 0 Å². The Kier molecular flexibility index (Phi) is 5.22. The van der Waals surface area contributed by atoms with Gasteiger partial charge in [-0.25, -0.2) is 0 Å². The Morgan fingerprint density at radius 2 is 2.31 bits per heavy atom. The van der Waals surface area contributed by atoms with E-state index < -0.39 is 6.10 Å². The van der Waals surface area contributed by atoms with Crippen molar-refractivity contribution in [1.82, 2.24) is 10.2 Å². The molecule has 0 radical (unpaired) electrons. The Balaban J connectivity index is 2.37. The zero-order valence-electron chi connectivity index (χ0n) is 10.6. The molecule has 0 bridgehead atoms. The molecule has 1 fully saturated rings. The third kappa shape index (κ3) is 4.10. The molecule has 1 saturated heterocycles. The van der Waals surface area contributed by atoms with Gasteiger partial charge < -0.3 is 15.3 Å². The normalized spacial score (nSPS) is 27.5. The Labute approximate surface area is 98.0 Å². The number of aliphatic hydroxyl groups excluding tert-OH is 1. The first-order valence-corrected chi connectivity index (χ1v) is 6.16. The lowest BCUT2D eigenvalue weighted by molar-refractivity contribution is -0.132. The number of piperidine rings is 1. The lowest BCUT2D eigenvalue weighted by atomic mass is 9.90. The molecule has 0 aliphatic carbocycles. The van der Waals surface area contributed by atoms with Crippen molar-refractivity contribution in [3.8, 4) is 0 Å². The van der Waals surface area contributed by atoms with E-state index >= 15 is 0 Å². The van der Waals surface area contributed by atoms with Crippen molar-refractivity contribution in [2.75, 3.05) is 20.1 Å². The molecule has 94 valence electrons. The molecular formula is C12H24N2O2. The van der Waals surface area contributed by atoms with Gasteiger partial charge in [0.1, 0.15) is 0 Å². The summed E-state index contributed by atoms with van der Waals surface area (Å²) < 4.78 is 0. The maximum Gasteiger partial charge on any atom is 0.223 e. The number of hydrogen-bond acceptors (Lipinski definition) is 3. The third-order valence-corrected chi connectivity index (χ3v) is 3.29. The molecule has 1 amide bonds. The van der Waals surface area contributed by atoms with Gasteiger partial charge >= 0.3 is 0 Å². The van der Waals surface area contributed by atoms with Gasteiger partial charge in [0.25, 0.3) is 0 Å². The van der Waals surface area contributed by atoms with Crippen LogP contribution in [0, 0.1) is 5.92 Å². The number of likely N-dealkylation sites (N-methyl/N-ethyl adjacent to an activating group) is 1. The maximum atomic E-state index is 11.9. The molecule has 0 saturated carbocycles. The maximum absolute atomic E-state index is 11.9. The van der Waals surface area contributed by atoms with Crippen LogP contribution in [0.15, 0.2) is 0 Å². The molecular weight excluding hydrogens is 204 g/mol. The number of carbonyl (C=O) groups excluding carboxylic acids is 1. The van der Waals surface area contributed by atoms with Gasteiger partial charge in [-0.2, -0.15) is 0 Å². The zero-order chi connectivity index (χ0) is 12.1. The van der Waals surface area contributed by atoms with Gasteiger partial charge in [0.2, 0.25) is 5.91 Å². The Morgan fingerprint density at radius 3 is 2.88 bits per heavy atom. The number of amides is 1. The van der Waals surface area contributed by atoms with Crippen molar-refractivity contribution in [3.63, 3.8) is 0 Å². The first-order valence-electron chi connectivity index (χ1n) is 6.16. The van der Waals surface area contributed by atoms with Crippen LogP contribution in [0.25, 0.3) is 0 Å². The lowest BCUT2D eigenvalue weighted by Gasteiger charge is -2.31. The van der Waals surface area contributed by atoms with Crippen molar-refractivity contribution in [1.29, 1.82) is 0 Å². The van der Waals surface area contributed by atoms with Crippen LogP contribution in [0.2, 0.25) is 0 Å². The molecule has 3 unspecified atom stereocenters. The fourth-order valence-corrected chi connectivity index (χ4v) is 2.23. The predicted octanol–water partition coefficient (Wildman–Crippen LogP) is 0.604. The molecule has 1 aliphatic heterocycles. The number of nitrogens with zero attached hydrogens (tertiary/aromatic N) is 1. The summed E-state index contributed by atoms with van der Waals surface area (Å²) in [6.07, 6.45) is 2.50. The van der Waals surface area contributed by atoms with Crippen LogP contribution in [0.3, 0.4) is 0 Å². The Hall–Kier alpha value is -0.610. The molecule has 0 aromatic rings. The van der Waals surface area contributed by atoms with E-state index in [2.05, 4.69) is 12.2 Å². The number of hydrogen-bond donors (Lipinski definition) is 2. The van der Waals surface area contributed by atoms with Gasteiger partial charge in [-0.3, -0.25) is 4.79 Å². The third-order valence-electron chi connectivity index (χ3n) is 3.29. The molecule has 1 heterocycles. The highest BCUT2D eigenvalue weighted by Crippen LogP contribution is 2.18. The minimum atomic E-state index is -0.453. The second-order valence-electron chi connectivity index (χ2n) is 5.01. The van der Waals surface area contributed by atoms with Crippen LogP contribution in [0.1, 0.15) is 33.1 Å². The summed E-state index contributed by atoms with van der Waals surface area (Å²) in [5, 5.41) is 12.6. The summed E-state index contributed by atoms with van der Waals surface area (Å²) in [5.74, 6) is 0.685. The van der Waals surface area contributed by atoms with E-state index in [9.17, 15) is 9.90 Å². The fraction of sp³-hybridized carbons (Fsp3) is 0.917. The van der Waals surface area contributed by atoms with E-state index in [0.717, 1.165) is 6.54 Å². The molecule has 0 spiro atoms. The average molecular weight is 228 g/mol. The minimum absolute atomic E-state index is 0.118. The van der Waals surface area contributed by atoms with E-state index in [-0.39, 0.29) is 5.91 Å². The topological polar surface area (TPSA) is 52.6 Å². The van der Waals surface area contributed by atoms with Crippen molar-refractivity contribution >= 4 is 5.91 Å². The number of nitrogens with one attached hydrogen (secondary N) is 1. The van der Waals surface area contributed by atoms with E-state index in [1.165, 1.54) is 12.8 Å². The zero-order valence-corrected chi connectivity index (χ0v) is 10.6. The fourth-order valence-electron chi connectivity index (χ4n) is 2.23. The second kappa shape index (κ2) is 6.21. The summed E-state index contributed by atoms with van der Waals surface area (Å²) in [5.41, 5.74) is 0. The van der Waals surface area contributed by atoms with E-state index in [4.69, 9.17) is 0 Å². The highest BCUT2D eigenvalue weighted by atomic mass is 16.3. The lowest BCUT2D eigenvalue weighted by Crippen LogP contribution is -2.44. The molecule has 3 atom stereocenters. The smallest absolute Gasteiger partial charge is 0.223 e. The van der Waals surface area contributed by atoms with Gasteiger partial charge in [-0.15, -0.1) is 0 Å². The standard InChI is InChI=1S/C12H24N2O2/c1-9-5-4-6-13-11(9)7-12(16)14(3)8-10(2)15/h9-11,13,15H,4-8H2,1-3H3. The molecule has 1 rings (SSSR count). The molecule has 0 aromatic heterocycles. The monoisotopic (exact) mass is 228 g/mol. The highest BCUT2D eigenvalue weighted by Gasteiger charge is 2.24. The largest absolute Gasteiger partial charge is 0.392 e. The molecule has 2 N–H and O–H groups in total. The van der Waals surface area contributed by atoms with Crippen LogP contribution in [0.5, 0.6) is 0 Å². The molecule has 0 aromatic carbocycles. The highest BCUT2D eigenvalue weighted by molar-refractivity contribution is 5.76. The second-order valence-corrected chi connectivity index (χ2v) is 5.01. The van der Waals surface area contributed by atoms with Crippen molar-refractivity contribution in [2.24, 2.45) is 5.92 Å². The van der Waals surface area contributed by atoms with Crippen LogP contribution in [-0.4, -0.2) is 48.2 Å². The summed E-state index contributed by atoms with van der Waals surface area (Å²) in [6, 6.07) is 0.303. The number of aliphatic hydroxyl groups is 1. The van der Waals surface area contributed by atoms with Crippen LogP contribution >= 0.6 is 0 Å². The predicted molar refractivity (Wildman–Crippen MR) is 64.1 cm³/mol. The summed E-state index contributed by atoms with van der Waals surface area (Å²) in [4.78, 5) is 13.5. The van der Waals surface area contributed by atoms with Gasteiger partial charge in [-0.1, -0.05) is 6.92 Å². The van der Waals surface area contributed by atoms with Gasteiger partial charge in [0, 0.05) is 26.1 Å².